The van der Waals surface area contributed by atoms with Gasteiger partial charge in [-0.05, 0) is 38.3 Å². The maximum Gasteiger partial charge on any atom is 0.289 e. The molecular weight excluding hydrogens is 354 g/mol. The lowest BCUT2D eigenvalue weighted by Crippen LogP contribution is -2.38. The zero-order valence-electron chi connectivity index (χ0n) is 16.5. The number of fused-ring (bicyclic) bond motifs is 1. The fourth-order valence-electron chi connectivity index (χ4n) is 3.57. The molecule has 2 aromatic rings. The van der Waals surface area contributed by atoms with Crippen molar-refractivity contribution in [3.8, 4) is 0 Å². The summed E-state index contributed by atoms with van der Waals surface area (Å²) in [6.07, 6.45) is 4.90. The van der Waals surface area contributed by atoms with Crippen molar-refractivity contribution in [2.45, 2.75) is 58.0 Å². The molecule has 1 saturated carbocycles. The van der Waals surface area contributed by atoms with Crippen molar-refractivity contribution in [3.63, 3.8) is 0 Å². The number of hydrogen-bond acceptors (Lipinski definition) is 5. The lowest BCUT2D eigenvalue weighted by molar-refractivity contribution is 0.0943. The molecule has 8 nitrogen and oxygen atoms in total. The van der Waals surface area contributed by atoms with Crippen LogP contribution in [0.1, 0.15) is 55.2 Å². The summed E-state index contributed by atoms with van der Waals surface area (Å²) in [6.45, 7) is 4.62. The first-order chi connectivity index (χ1) is 13.5. The van der Waals surface area contributed by atoms with Crippen LogP contribution in [0.3, 0.4) is 0 Å². The molecule has 28 heavy (non-hydrogen) atoms. The molecule has 0 bridgehead atoms. The summed E-state index contributed by atoms with van der Waals surface area (Å²) in [6, 6.07) is 5.98. The van der Waals surface area contributed by atoms with Gasteiger partial charge in [0.05, 0.1) is 17.6 Å². The number of nitrogens with two attached hydrogens (primary N) is 2. The Morgan fingerprint density at radius 2 is 2.04 bits per heavy atom. The fraction of sp³-hybridized carbons (Fsp3) is 0.500. The van der Waals surface area contributed by atoms with Gasteiger partial charge in [0.2, 0.25) is 5.82 Å². The summed E-state index contributed by atoms with van der Waals surface area (Å²) in [7, 11) is 0. The number of aliphatic imine (C=N–C) groups is 1. The number of hydrogen-bond donors (Lipinski definition) is 4. The molecule has 2 atom stereocenters. The van der Waals surface area contributed by atoms with Gasteiger partial charge in [-0.25, -0.2) is 15.0 Å². The molecule has 150 valence electrons. The molecule has 1 aliphatic carbocycles. The third-order valence-electron chi connectivity index (χ3n) is 4.96. The molecule has 8 heteroatoms. The van der Waals surface area contributed by atoms with E-state index in [2.05, 4.69) is 25.6 Å². The van der Waals surface area contributed by atoms with E-state index in [4.69, 9.17) is 11.5 Å². The van der Waals surface area contributed by atoms with Crippen LogP contribution in [0.2, 0.25) is 0 Å². The van der Waals surface area contributed by atoms with Gasteiger partial charge in [0.1, 0.15) is 5.82 Å². The molecule has 0 aliphatic heterocycles. The lowest BCUT2D eigenvalue weighted by Gasteiger charge is -2.30. The maximum absolute atomic E-state index is 12.4. The summed E-state index contributed by atoms with van der Waals surface area (Å²) < 4.78 is 0. The monoisotopic (exact) mass is 383 g/mol. The molecule has 1 aromatic heterocycles. The predicted molar refractivity (Wildman–Crippen MR) is 112 cm³/mol. The Bertz CT molecular complexity index is 876. The highest BCUT2D eigenvalue weighted by Gasteiger charge is 2.26. The van der Waals surface area contributed by atoms with E-state index in [0.717, 1.165) is 48.6 Å². The molecule has 1 aliphatic rings. The molecule has 6 N–H and O–H groups in total. The molecule has 0 saturated heterocycles. The number of aryl methyl sites for hydroxylation is 1. The van der Waals surface area contributed by atoms with Gasteiger partial charge < -0.3 is 22.1 Å². The standard InChI is InChI=1S/C20H29N7O/c1-3-10-23-19(28)18-24-14-9-8-12(2)11-13(14)17(27-18)25-15-6-4-5-7-16(15)26-20(21)22/h8-9,11,15-16H,3-7,10H2,1-2H3,(H,23,28)(H4,21,22,26)(H,24,25,27)/t15-,16+/m0/s1. The number of carbonyl (C=O) groups excluding carboxylic acids is 1. The van der Waals surface area contributed by atoms with E-state index in [0.29, 0.717) is 12.4 Å². The van der Waals surface area contributed by atoms with Crippen LogP contribution < -0.4 is 22.1 Å². The first-order valence-electron chi connectivity index (χ1n) is 9.89. The first-order valence-corrected chi connectivity index (χ1v) is 9.89. The summed E-state index contributed by atoms with van der Waals surface area (Å²) in [4.78, 5) is 25.9. The molecule has 0 radical (unpaired) electrons. The minimum atomic E-state index is -0.267. The predicted octanol–water partition coefficient (Wildman–Crippen LogP) is 2.07. The van der Waals surface area contributed by atoms with E-state index in [9.17, 15) is 4.79 Å². The topological polar surface area (TPSA) is 131 Å². The van der Waals surface area contributed by atoms with Crippen LogP contribution in [0.4, 0.5) is 5.82 Å². The van der Waals surface area contributed by atoms with Gasteiger partial charge in [0.25, 0.3) is 5.91 Å². The second-order valence-electron chi connectivity index (χ2n) is 7.33. The van der Waals surface area contributed by atoms with Gasteiger partial charge >= 0.3 is 0 Å². The van der Waals surface area contributed by atoms with E-state index in [1.54, 1.807) is 0 Å². The van der Waals surface area contributed by atoms with Gasteiger partial charge in [-0.3, -0.25) is 4.79 Å². The quantitative estimate of drug-likeness (QED) is 0.446. The van der Waals surface area contributed by atoms with Crippen LogP contribution in [-0.4, -0.2) is 40.5 Å². The highest BCUT2D eigenvalue weighted by Crippen LogP contribution is 2.28. The number of nitrogens with zero attached hydrogens (tertiary/aromatic N) is 3. The molecule has 3 rings (SSSR count). The number of guanidine groups is 1. The van der Waals surface area contributed by atoms with E-state index in [1.165, 1.54) is 0 Å². The van der Waals surface area contributed by atoms with Crippen molar-refractivity contribution in [2.24, 2.45) is 16.5 Å². The second-order valence-corrected chi connectivity index (χ2v) is 7.33. The van der Waals surface area contributed by atoms with Crippen LogP contribution in [0.15, 0.2) is 23.2 Å². The van der Waals surface area contributed by atoms with Gasteiger partial charge in [-0.1, -0.05) is 31.4 Å². The molecule has 1 amide bonds. The molecule has 0 spiro atoms. The molecule has 1 heterocycles. The van der Waals surface area contributed by atoms with Gasteiger partial charge in [-0.15, -0.1) is 0 Å². The third-order valence-corrected chi connectivity index (χ3v) is 4.96. The average molecular weight is 384 g/mol. The first kappa shape index (κ1) is 19.9. The van der Waals surface area contributed by atoms with Crippen LogP contribution in [0.5, 0.6) is 0 Å². The van der Waals surface area contributed by atoms with Crippen LogP contribution in [-0.2, 0) is 0 Å². The highest BCUT2D eigenvalue weighted by atomic mass is 16.2. The minimum absolute atomic E-state index is 0.00839. The Morgan fingerprint density at radius 1 is 1.25 bits per heavy atom. The lowest BCUT2D eigenvalue weighted by atomic mass is 9.90. The summed E-state index contributed by atoms with van der Waals surface area (Å²) in [5.41, 5.74) is 13.1. The molecule has 0 unspecified atom stereocenters. The largest absolute Gasteiger partial charge is 0.370 e. The van der Waals surface area contributed by atoms with Crippen LogP contribution >= 0.6 is 0 Å². The SMILES string of the molecule is CCCNC(=O)c1nc(N[C@H]2CCCC[C@H]2N=C(N)N)c2cc(C)ccc2n1. The van der Waals surface area contributed by atoms with Crippen molar-refractivity contribution in [2.75, 3.05) is 11.9 Å². The summed E-state index contributed by atoms with van der Waals surface area (Å²) in [5, 5.41) is 7.24. The normalized spacial score (nSPS) is 19.2. The zero-order chi connectivity index (χ0) is 20.1. The van der Waals surface area contributed by atoms with Crippen LogP contribution in [0.25, 0.3) is 10.9 Å². The molecule has 1 aromatic carbocycles. The smallest absolute Gasteiger partial charge is 0.289 e. The number of carbonyl (C=O) groups is 1. The Kier molecular flexibility index (Phi) is 6.28. The van der Waals surface area contributed by atoms with Gasteiger partial charge in [0.15, 0.2) is 5.96 Å². The number of nitrogens with one attached hydrogen (secondary N) is 2. The molecule has 1 fully saturated rings. The van der Waals surface area contributed by atoms with Crippen molar-refractivity contribution >= 4 is 28.6 Å². The summed E-state index contributed by atoms with van der Waals surface area (Å²) >= 11 is 0. The second kappa shape index (κ2) is 8.86. The van der Waals surface area contributed by atoms with Crippen molar-refractivity contribution in [3.05, 3.63) is 29.6 Å². The average Bonchev–Trinajstić information content (AvgIpc) is 2.67. The molecular formula is C20H29N7O. The number of benzene rings is 1. The Morgan fingerprint density at radius 3 is 2.79 bits per heavy atom. The fourth-order valence-corrected chi connectivity index (χ4v) is 3.57. The third kappa shape index (κ3) is 4.68. The zero-order valence-corrected chi connectivity index (χ0v) is 16.5. The number of aromatic nitrogens is 2. The van der Waals surface area contributed by atoms with Crippen molar-refractivity contribution in [1.82, 2.24) is 15.3 Å². The highest BCUT2D eigenvalue weighted by molar-refractivity contribution is 5.96. The van der Waals surface area contributed by atoms with Gasteiger partial charge in [-0.2, -0.15) is 0 Å². The number of anilines is 1. The van der Waals surface area contributed by atoms with E-state index in [1.807, 2.05) is 32.0 Å². The number of rotatable bonds is 6. The number of amides is 1. The van der Waals surface area contributed by atoms with Crippen molar-refractivity contribution in [1.29, 1.82) is 0 Å². The summed E-state index contributed by atoms with van der Waals surface area (Å²) in [5.74, 6) is 0.651. The Hall–Kier alpha value is -2.90. The minimum Gasteiger partial charge on any atom is -0.370 e. The van der Waals surface area contributed by atoms with Crippen molar-refractivity contribution < 1.29 is 4.79 Å². The Balaban J connectivity index is 1.98. The van der Waals surface area contributed by atoms with E-state index < -0.39 is 0 Å². The van der Waals surface area contributed by atoms with Gasteiger partial charge in [0, 0.05) is 11.9 Å². The van der Waals surface area contributed by atoms with Crippen LogP contribution in [0, 0.1) is 6.92 Å². The maximum atomic E-state index is 12.4. The Labute approximate surface area is 165 Å². The van der Waals surface area contributed by atoms with E-state index >= 15 is 0 Å². The van der Waals surface area contributed by atoms with E-state index in [-0.39, 0.29) is 29.8 Å².